The van der Waals surface area contributed by atoms with Gasteiger partial charge < -0.3 is 10.0 Å². The predicted molar refractivity (Wildman–Crippen MR) is 130 cm³/mol. The predicted octanol–water partition coefficient (Wildman–Crippen LogP) is 7.56. The van der Waals surface area contributed by atoms with Gasteiger partial charge in [-0.2, -0.15) is 0 Å². The monoisotopic (exact) mass is 405 g/mol. The van der Waals surface area contributed by atoms with Crippen molar-refractivity contribution >= 4 is 5.97 Å². The van der Waals surface area contributed by atoms with E-state index in [4.69, 9.17) is 5.11 Å². The van der Waals surface area contributed by atoms with Crippen molar-refractivity contribution in [2.45, 2.75) is 91.9 Å². The Morgan fingerprint density at radius 3 is 1.41 bits per heavy atom. The molecule has 0 aromatic carbocycles. The molecule has 0 spiro atoms. The second-order valence-corrected chi connectivity index (χ2v) is 6.99. The minimum Gasteiger partial charge on any atom is -0.481 e. The molecule has 0 radical (unpaired) electrons. The number of rotatable bonds is 17. The van der Waals surface area contributed by atoms with Gasteiger partial charge in [-0.05, 0) is 64.6 Å². The van der Waals surface area contributed by atoms with Gasteiger partial charge in [-0.15, -0.1) is 0 Å². The summed E-state index contributed by atoms with van der Waals surface area (Å²) < 4.78 is 0. The van der Waals surface area contributed by atoms with Gasteiger partial charge in [-0.3, -0.25) is 4.79 Å². The van der Waals surface area contributed by atoms with Crippen LogP contribution < -0.4 is 0 Å². The van der Waals surface area contributed by atoms with Crippen LogP contribution >= 0.6 is 0 Å². The molecule has 168 valence electrons. The van der Waals surface area contributed by atoms with Gasteiger partial charge in [-0.25, -0.2) is 0 Å². The average Bonchev–Trinajstić information content (AvgIpc) is 2.72. The van der Waals surface area contributed by atoms with Crippen molar-refractivity contribution in [3.63, 3.8) is 0 Å². The molecule has 0 aromatic heterocycles. The SMILES string of the molecule is CCCCC/C=C\C/C=C\C/C=C\C/C=C\CCCC(=O)O.CCN(CC)CC. The number of carboxylic acids is 1. The van der Waals surface area contributed by atoms with Crippen molar-refractivity contribution in [2.75, 3.05) is 19.6 Å². The first kappa shape index (κ1) is 29.6. The first-order valence-corrected chi connectivity index (χ1v) is 11.7. The smallest absolute Gasteiger partial charge is 0.303 e. The number of nitrogens with zero attached hydrogens (tertiary/aromatic N) is 1. The zero-order chi connectivity index (χ0) is 22.0. The van der Waals surface area contributed by atoms with Crippen LogP contribution in [0.5, 0.6) is 0 Å². The maximum absolute atomic E-state index is 10.3. The molecule has 0 saturated heterocycles. The lowest BCUT2D eigenvalue weighted by molar-refractivity contribution is -0.137. The number of unbranched alkanes of at least 4 members (excludes halogenated alkanes) is 4. The Hall–Kier alpha value is -1.61. The van der Waals surface area contributed by atoms with Gasteiger partial charge in [0.15, 0.2) is 0 Å². The Morgan fingerprint density at radius 1 is 0.655 bits per heavy atom. The Bertz CT molecular complexity index is 440. The molecule has 29 heavy (non-hydrogen) atoms. The Kier molecular flexibility index (Phi) is 26.9. The summed E-state index contributed by atoms with van der Waals surface area (Å²) in [6, 6.07) is 0. The fourth-order valence-electron chi connectivity index (χ4n) is 2.60. The summed E-state index contributed by atoms with van der Waals surface area (Å²) in [5, 5.41) is 8.49. The second-order valence-electron chi connectivity index (χ2n) is 6.99. The lowest BCUT2D eigenvalue weighted by atomic mass is 10.2. The molecule has 0 saturated carbocycles. The first-order valence-electron chi connectivity index (χ1n) is 11.7. The zero-order valence-electron chi connectivity index (χ0n) is 19.6. The molecule has 0 fully saturated rings. The number of hydrogen-bond donors (Lipinski definition) is 1. The van der Waals surface area contributed by atoms with Crippen LogP contribution in [0.1, 0.15) is 91.9 Å². The summed E-state index contributed by atoms with van der Waals surface area (Å²) in [4.78, 5) is 12.7. The number of aliphatic carboxylic acids is 1. The average molecular weight is 406 g/mol. The maximum Gasteiger partial charge on any atom is 0.303 e. The van der Waals surface area contributed by atoms with Crippen LogP contribution in [0.2, 0.25) is 0 Å². The summed E-state index contributed by atoms with van der Waals surface area (Å²) >= 11 is 0. The van der Waals surface area contributed by atoms with Crippen LogP contribution in [-0.2, 0) is 4.79 Å². The highest BCUT2D eigenvalue weighted by molar-refractivity contribution is 5.66. The number of hydrogen-bond acceptors (Lipinski definition) is 2. The van der Waals surface area contributed by atoms with E-state index >= 15 is 0 Å². The van der Waals surface area contributed by atoms with E-state index in [9.17, 15) is 4.79 Å². The Labute approximate surface area is 181 Å². The van der Waals surface area contributed by atoms with E-state index < -0.39 is 5.97 Å². The summed E-state index contributed by atoms with van der Waals surface area (Å²) in [5.74, 6) is -0.712. The van der Waals surface area contributed by atoms with E-state index in [2.05, 4.69) is 81.2 Å². The molecule has 1 N–H and O–H groups in total. The molecule has 0 amide bonds. The fourth-order valence-corrected chi connectivity index (χ4v) is 2.60. The molecule has 0 aromatic rings. The highest BCUT2D eigenvalue weighted by Gasteiger charge is 1.92. The third-order valence-electron chi connectivity index (χ3n) is 4.56. The van der Waals surface area contributed by atoms with Crippen molar-refractivity contribution in [1.29, 1.82) is 0 Å². The van der Waals surface area contributed by atoms with Gasteiger partial charge in [0.2, 0.25) is 0 Å². The van der Waals surface area contributed by atoms with E-state index in [1.54, 1.807) is 0 Å². The highest BCUT2D eigenvalue weighted by Crippen LogP contribution is 2.01. The molecule has 0 atom stereocenters. The van der Waals surface area contributed by atoms with Crippen LogP contribution in [0.25, 0.3) is 0 Å². The van der Waals surface area contributed by atoms with Gasteiger partial charge >= 0.3 is 5.97 Å². The molecule has 0 heterocycles. The molecule has 0 aliphatic heterocycles. The van der Waals surface area contributed by atoms with Gasteiger partial charge in [-0.1, -0.05) is 89.1 Å². The van der Waals surface area contributed by atoms with Gasteiger partial charge in [0.1, 0.15) is 0 Å². The molecular weight excluding hydrogens is 358 g/mol. The van der Waals surface area contributed by atoms with Crippen LogP contribution in [-0.4, -0.2) is 35.6 Å². The summed E-state index contributed by atoms with van der Waals surface area (Å²) in [6.07, 6.45) is 27.3. The van der Waals surface area contributed by atoms with Crippen molar-refractivity contribution in [3.05, 3.63) is 48.6 Å². The van der Waals surface area contributed by atoms with E-state index in [0.29, 0.717) is 0 Å². The van der Waals surface area contributed by atoms with E-state index in [0.717, 1.165) is 32.1 Å². The van der Waals surface area contributed by atoms with Crippen LogP contribution in [0, 0.1) is 0 Å². The maximum atomic E-state index is 10.3. The quantitative estimate of drug-likeness (QED) is 0.200. The van der Waals surface area contributed by atoms with Crippen LogP contribution in [0.4, 0.5) is 0 Å². The second kappa shape index (κ2) is 26.4. The highest BCUT2D eigenvalue weighted by atomic mass is 16.4. The zero-order valence-corrected chi connectivity index (χ0v) is 19.6. The normalized spacial score (nSPS) is 11.9. The molecule has 0 aliphatic carbocycles. The molecule has 0 bridgehead atoms. The molecule has 0 unspecified atom stereocenters. The van der Waals surface area contributed by atoms with Gasteiger partial charge in [0.25, 0.3) is 0 Å². The van der Waals surface area contributed by atoms with Gasteiger partial charge in [0, 0.05) is 6.42 Å². The number of carbonyl (C=O) groups is 1. The summed E-state index contributed by atoms with van der Waals surface area (Å²) in [5.41, 5.74) is 0. The standard InChI is InChI=1S/C20H32O2.C6H15N/c1-2-3-4-5-6-7-8-9-10-11-12-13-14-15-16-17-18-19-20(21)22;1-4-7(5-2)6-3/h6-7,9-10,12-13,15-16H,2-5,8,11,14,17-19H2,1H3,(H,21,22);4-6H2,1-3H3/b7-6-,10-9-,13-12-,16-15-;. The molecule has 3 heteroatoms. The minimum absolute atomic E-state index is 0.262. The number of carboxylic acid groups (broad SMARTS) is 1. The lowest BCUT2D eigenvalue weighted by Crippen LogP contribution is -2.21. The van der Waals surface area contributed by atoms with E-state index in [1.807, 2.05) is 0 Å². The van der Waals surface area contributed by atoms with Crippen LogP contribution in [0.15, 0.2) is 48.6 Å². The third-order valence-corrected chi connectivity index (χ3v) is 4.56. The lowest BCUT2D eigenvalue weighted by Gasteiger charge is -2.13. The molecule has 0 aliphatic rings. The largest absolute Gasteiger partial charge is 0.481 e. The Morgan fingerprint density at radius 2 is 1.07 bits per heavy atom. The van der Waals surface area contributed by atoms with E-state index in [-0.39, 0.29) is 6.42 Å². The summed E-state index contributed by atoms with van der Waals surface area (Å²) in [6.45, 7) is 12.4. The summed E-state index contributed by atoms with van der Waals surface area (Å²) in [7, 11) is 0. The van der Waals surface area contributed by atoms with Gasteiger partial charge in [0.05, 0.1) is 0 Å². The Balaban J connectivity index is 0. The molecule has 3 nitrogen and oxygen atoms in total. The topological polar surface area (TPSA) is 40.5 Å². The fraction of sp³-hybridized carbons (Fsp3) is 0.654. The third kappa shape index (κ3) is 28.7. The van der Waals surface area contributed by atoms with Crippen LogP contribution in [0.3, 0.4) is 0 Å². The van der Waals surface area contributed by atoms with Crippen molar-refractivity contribution in [2.24, 2.45) is 0 Å². The van der Waals surface area contributed by atoms with E-state index in [1.165, 1.54) is 45.3 Å². The first-order chi connectivity index (χ1) is 14.1. The van der Waals surface area contributed by atoms with Crippen molar-refractivity contribution < 1.29 is 9.90 Å². The van der Waals surface area contributed by atoms with Crippen molar-refractivity contribution in [1.82, 2.24) is 4.90 Å². The minimum atomic E-state index is -0.712. The molecular formula is C26H47NO2. The number of allylic oxidation sites excluding steroid dienone is 8. The molecule has 0 rings (SSSR count). The van der Waals surface area contributed by atoms with Crippen molar-refractivity contribution in [3.8, 4) is 0 Å².